The van der Waals surface area contributed by atoms with E-state index in [0.29, 0.717) is 6.42 Å². The smallest absolute Gasteiger partial charge is 0.166 e. The van der Waals surface area contributed by atoms with Crippen molar-refractivity contribution in [3.05, 3.63) is 0 Å². The lowest BCUT2D eigenvalue weighted by molar-refractivity contribution is 0.557. The molecule has 1 unspecified atom stereocenters. The zero-order valence-corrected chi connectivity index (χ0v) is 13.3. The van der Waals surface area contributed by atoms with Crippen molar-refractivity contribution in [2.24, 2.45) is 0 Å². The number of hydrogen-bond donors (Lipinski definition) is 0. The van der Waals surface area contributed by atoms with E-state index in [9.17, 15) is 8.42 Å². The minimum absolute atomic E-state index is 0.165. The van der Waals surface area contributed by atoms with E-state index in [-0.39, 0.29) is 5.75 Å². The van der Waals surface area contributed by atoms with Crippen LogP contribution in [0.5, 0.6) is 0 Å². The third kappa shape index (κ3) is 9.95. The van der Waals surface area contributed by atoms with Crippen molar-refractivity contribution in [3.63, 3.8) is 0 Å². The van der Waals surface area contributed by atoms with Gasteiger partial charge >= 0.3 is 0 Å². The molecule has 0 aromatic rings. The molecule has 0 fully saturated rings. The van der Waals surface area contributed by atoms with Gasteiger partial charge in [0.25, 0.3) is 0 Å². The van der Waals surface area contributed by atoms with Gasteiger partial charge in [0.1, 0.15) is 5.25 Å². The normalized spacial score (nSPS) is 13.1. The topological polar surface area (TPSA) is 57.9 Å². The van der Waals surface area contributed by atoms with E-state index in [4.69, 9.17) is 5.26 Å². The Labute approximate surface area is 119 Å². The monoisotopic (exact) mass is 287 g/mol. The minimum atomic E-state index is -3.18. The fraction of sp³-hybridized carbons (Fsp3) is 0.933. The van der Waals surface area contributed by atoms with E-state index >= 15 is 0 Å². The first-order valence-electron chi connectivity index (χ1n) is 7.65. The van der Waals surface area contributed by atoms with Crippen LogP contribution in [-0.2, 0) is 9.84 Å². The highest BCUT2D eigenvalue weighted by atomic mass is 32.2. The van der Waals surface area contributed by atoms with Crippen molar-refractivity contribution >= 4 is 9.84 Å². The second kappa shape index (κ2) is 11.3. The van der Waals surface area contributed by atoms with Gasteiger partial charge in [-0.3, -0.25) is 0 Å². The van der Waals surface area contributed by atoms with Crippen LogP contribution in [0.2, 0.25) is 0 Å². The summed E-state index contributed by atoms with van der Waals surface area (Å²) < 4.78 is 23.1. The maximum atomic E-state index is 11.6. The standard InChI is InChI=1S/C15H29NO2S/c1-3-4-5-6-7-8-9-10-11-12-13-19(17,18)15(2)14-16/h15H,3-13H2,1-2H3. The van der Waals surface area contributed by atoms with Crippen molar-refractivity contribution in [2.75, 3.05) is 5.75 Å². The Hall–Kier alpha value is -0.560. The Morgan fingerprint density at radius 3 is 1.74 bits per heavy atom. The van der Waals surface area contributed by atoms with Gasteiger partial charge in [-0.05, 0) is 13.3 Å². The van der Waals surface area contributed by atoms with Gasteiger partial charge in [-0.1, -0.05) is 64.7 Å². The maximum Gasteiger partial charge on any atom is 0.166 e. The van der Waals surface area contributed by atoms with Gasteiger partial charge in [0.15, 0.2) is 9.84 Å². The molecule has 0 N–H and O–H groups in total. The molecule has 0 aromatic carbocycles. The average molecular weight is 287 g/mol. The van der Waals surface area contributed by atoms with Crippen molar-refractivity contribution in [3.8, 4) is 6.07 Å². The summed E-state index contributed by atoms with van der Waals surface area (Å²) in [4.78, 5) is 0. The summed E-state index contributed by atoms with van der Waals surface area (Å²) in [6.45, 7) is 3.69. The molecule has 0 aliphatic heterocycles. The fourth-order valence-corrected chi connectivity index (χ4v) is 3.17. The molecule has 0 saturated carbocycles. The lowest BCUT2D eigenvalue weighted by Crippen LogP contribution is -2.19. The van der Waals surface area contributed by atoms with Crippen molar-refractivity contribution in [1.82, 2.24) is 0 Å². The van der Waals surface area contributed by atoms with Gasteiger partial charge < -0.3 is 0 Å². The Morgan fingerprint density at radius 1 is 0.895 bits per heavy atom. The SMILES string of the molecule is CCCCCCCCCCCCS(=O)(=O)C(C)C#N. The Balaban J connectivity index is 3.39. The Kier molecular flexibility index (Phi) is 10.9. The zero-order valence-electron chi connectivity index (χ0n) is 12.5. The Morgan fingerprint density at radius 2 is 1.32 bits per heavy atom. The van der Waals surface area contributed by atoms with E-state index in [1.165, 1.54) is 51.9 Å². The molecule has 0 amide bonds. The molecule has 19 heavy (non-hydrogen) atoms. The van der Waals surface area contributed by atoms with Crippen LogP contribution in [0.15, 0.2) is 0 Å². The highest BCUT2D eigenvalue weighted by Gasteiger charge is 2.19. The summed E-state index contributed by atoms with van der Waals surface area (Å²) in [5, 5.41) is 7.75. The highest BCUT2D eigenvalue weighted by molar-refractivity contribution is 7.92. The molecule has 0 aliphatic rings. The summed E-state index contributed by atoms with van der Waals surface area (Å²) in [5.41, 5.74) is 0. The molecule has 0 spiro atoms. The number of nitriles is 1. The molecule has 0 aromatic heterocycles. The van der Waals surface area contributed by atoms with Crippen LogP contribution in [0.3, 0.4) is 0 Å². The number of rotatable bonds is 12. The van der Waals surface area contributed by atoms with Crippen molar-refractivity contribution in [2.45, 2.75) is 83.3 Å². The first-order chi connectivity index (χ1) is 9.04. The van der Waals surface area contributed by atoms with Crippen molar-refractivity contribution < 1.29 is 8.42 Å². The predicted octanol–water partition coefficient (Wildman–Crippen LogP) is 4.23. The first kappa shape index (κ1) is 18.4. The lowest BCUT2D eigenvalue weighted by Gasteiger charge is -2.05. The summed E-state index contributed by atoms with van der Waals surface area (Å²) in [7, 11) is -3.18. The predicted molar refractivity (Wildman–Crippen MR) is 80.7 cm³/mol. The molecule has 3 nitrogen and oxygen atoms in total. The number of hydrogen-bond acceptors (Lipinski definition) is 3. The fourth-order valence-electron chi connectivity index (χ4n) is 2.05. The second-order valence-corrected chi connectivity index (χ2v) is 7.76. The van der Waals surface area contributed by atoms with Crippen LogP contribution in [0.1, 0.15) is 78.1 Å². The summed E-state index contributed by atoms with van der Waals surface area (Å²) in [6.07, 6.45) is 11.9. The molecule has 0 saturated heterocycles. The largest absolute Gasteiger partial charge is 0.227 e. The van der Waals surface area contributed by atoms with Crippen LogP contribution in [0, 0.1) is 11.3 Å². The van der Waals surface area contributed by atoms with Crippen LogP contribution < -0.4 is 0 Å². The summed E-state index contributed by atoms with van der Waals surface area (Å²) in [5.74, 6) is 0.165. The van der Waals surface area contributed by atoms with Gasteiger partial charge in [0.05, 0.1) is 11.8 Å². The van der Waals surface area contributed by atoms with Crippen LogP contribution in [0.4, 0.5) is 0 Å². The lowest BCUT2D eigenvalue weighted by atomic mass is 10.1. The molecule has 0 aliphatic carbocycles. The minimum Gasteiger partial charge on any atom is -0.227 e. The van der Waals surface area contributed by atoms with Crippen LogP contribution in [-0.4, -0.2) is 19.4 Å². The van der Waals surface area contributed by atoms with E-state index in [0.717, 1.165) is 12.8 Å². The maximum absolute atomic E-state index is 11.6. The third-order valence-corrected chi connectivity index (χ3v) is 5.54. The highest BCUT2D eigenvalue weighted by Crippen LogP contribution is 2.12. The molecular formula is C15H29NO2S. The van der Waals surface area contributed by atoms with Crippen LogP contribution in [0.25, 0.3) is 0 Å². The molecule has 0 bridgehead atoms. The van der Waals surface area contributed by atoms with Gasteiger partial charge in [0.2, 0.25) is 0 Å². The van der Waals surface area contributed by atoms with Gasteiger partial charge in [-0.2, -0.15) is 5.26 Å². The quantitative estimate of drug-likeness (QED) is 0.505. The Bertz CT molecular complexity index is 344. The summed E-state index contributed by atoms with van der Waals surface area (Å²) >= 11 is 0. The van der Waals surface area contributed by atoms with Gasteiger partial charge in [-0.15, -0.1) is 0 Å². The van der Waals surface area contributed by atoms with Gasteiger partial charge in [0, 0.05) is 0 Å². The summed E-state index contributed by atoms with van der Waals surface area (Å²) in [6, 6.07) is 1.80. The second-order valence-electron chi connectivity index (χ2n) is 5.32. The molecule has 4 heteroatoms. The molecule has 0 rings (SSSR count). The molecule has 0 radical (unpaired) electrons. The molecular weight excluding hydrogens is 258 g/mol. The average Bonchev–Trinajstić information content (AvgIpc) is 2.39. The van der Waals surface area contributed by atoms with Crippen molar-refractivity contribution in [1.29, 1.82) is 5.26 Å². The third-order valence-electron chi connectivity index (χ3n) is 3.50. The van der Waals surface area contributed by atoms with E-state index < -0.39 is 15.1 Å². The van der Waals surface area contributed by atoms with E-state index in [1.807, 2.05) is 0 Å². The zero-order chi connectivity index (χ0) is 14.6. The van der Waals surface area contributed by atoms with Gasteiger partial charge in [-0.25, -0.2) is 8.42 Å². The van der Waals surface area contributed by atoms with E-state index in [2.05, 4.69) is 6.92 Å². The van der Waals surface area contributed by atoms with Crippen LogP contribution >= 0.6 is 0 Å². The number of sulfone groups is 1. The molecule has 1 atom stereocenters. The number of nitrogens with zero attached hydrogens (tertiary/aromatic N) is 1. The first-order valence-corrected chi connectivity index (χ1v) is 9.37. The van der Waals surface area contributed by atoms with E-state index in [1.54, 1.807) is 6.07 Å². The molecule has 0 heterocycles. The number of unbranched alkanes of at least 4 members (excludes halogenated alkanes) is 9. The molecule has 112 valence electrons.